The minimum absolute atomic E-state index is 0. The summed E-state index contributed by atoms with van der Waals surface area (Å²) in [6.45, 7) is 4.87. The van der Waals surface area contributed by atoms with Crippen LogP contribution in [0.4, 0.5) is 0 Å². The Labute approximate surface area is 84.3 Å². The molecular weight excluding hydrogens is 139 g/mol. The fourth-order valence-corrected chi connectivity index (χ4v) is 0.950. The van der Waals surface area contributed by atoms with Gasteiger partial charge in [-0.15, -0.1) is 6.10 Å². The van der Waals surface area contributed by atoms with Gasteiger partial charge in [0.15, 0.2) is 0 Å². The van der Waals surface area contributed by atoms with Crippen molar-refractivity contribution in [1.29, 1.82) is 0 Å². The van der Waals surface area contributed by atoms with E-state index in [4.69, 9.17) is 0 Å². The summed E-state index contributed by atoms with van der Waals surface area (Å²) < 4.78 is 0. The van der Waals surface area contributed by atoms with E-state index in [0.717, 1.165) is 0 Å². The molecule has 0 aliphatic rings. The summed E-state index contributed by atoms with van der Waals surface area (Å²) in [5.74, 6) is -0.259. The van der Waals surface area contributed by atoms with Crippen LogP contribution in [0.15, 0.2) is 0 Å². The van der Waals surface area contributed by atoms with E-state index in [2.05, 4.69) is 0 Å². The maximum atomic E-state index is 10.7. The van der Waals surface area contributed by atoms with Crippen molar-refractivity contribution in [1.82, 2.24) is 0 Å². The van der Waals surface area contributed by atoms with Gasteiger partial charge in [-0.3, -0.25) is 4.79 Å². The zero-order valence-electron chi connectivity index (χ0n) is 7.18. The zero-order chi connectivity index (χ0) is 7.44. The Hall–Kier alpha value is 0.630. The third kappa shape index (κ3) is 4.45. The fraction of sp³-hybridized carbons (Fsp3) is 0.857. The van der Waals surface area contributed by atoms with Gasteiger partial charge in [0, 0.05) is 5.92 Å². The van der Waals surface area contributed by atoms with E-state index in [0.29, 0.717) is 6.42 Å². The summed E-state index contributed by atoms with van der Waals surface area (Å²) in [5.41, 5.74) is 0. The second kappa shape index (κ2) is 6.35. The fourth-order valence-electron chi connectivity index (χ4n) is 0.950. The number of hydrogen-bond acceptors (Lipinski definition) is 2. The molecule has 0 fully saturated rings. The second-order valence-electron chi connectivity index (χ2n) is 2.33. The van der Waals surface area contributed by atoms with Crippen LogP contribution in [-0.2, 0) is 4.79 Å². The SMILES string of the molecule is CCC(C(C)=O)C(C)[O-].[Na+]. The first-order valence-corrected chi connectivity index (χ1v) is 3.25. The Kier molecular flexibility index (Phi) is 8.40. The van der Waals surface area contributed by atoms with Gasteiger partial charge >= 0.3 is 29.6 Å². The van der Waals surface area contributed by atoms with E-state index in [1.807, 2.05) is 6.92 Å². The Bertz CT molecular complexity index is 102. The van der Waals surface area contributed by atoms with E-state index in [-0.39, 0.29) is 41.3 Å². The van der Waals surface area contributed by atoms with Crippen molar-refractivity contribution in [3.63, 3.8) is 0 Å². The largest absolute Gasteiger partial charge is 1.00 e. The molecule has 0 spiro atoms. The minimum Gasteiger partial charge on any atom is -0.852 e. The summed E-state index contributed by atoms with van der Waals surface area (Å²) in [6.07, 6.45) is -0.0764. The summed E-state index contributed by atoms with van der Waals surface area (Å²) in [6, 6.07) is 0. The van der Waals surface area contributed by atoms with Gasteiger partial charge in [-0.25, -0.2) is 0 Å². The predicted molar refractivity (Wildman–Crippen MR) is 33.9 cm³/mol. The molecule has 0 radical (unpaired) electrons. The summed E-state index contributed by atoms with van der Waals surface area (Å²) in [4.78, 5) is 10.6. The van der Waals surface area contributed by atoms with E-state index in [1.54, 1.807) is 0 Å². The van der Waals surface area contributed by atoms with Gasteiger partial charge in [0.1, 0.15) is 5.78 Å². The van der Waals surface area contributed by atoms with Crippen LogP contribution in [0.1, 0.15) is 27.2 Å². The van der Waals surface area contributed by atoms with Crippen molar-refractivity contribution < 1.29 is 39.5 Å². The number of carbonyl (C=O) groups is 1. The maximum Gasteiger partial charge on any atom is 1.00 e. The van der Waals surface area contributed by atoms with E-state index in [1.165, 1.54) is 13.8 Å². The monoisotopic (exact) mass is 152 g/mol. The third-order valence-electron chi connectivity index (χ3n) is 1.53. The van der Waals surface area contributed by atoms with Crippen molar-refractivity contribution in [2.75, 3.05) is 0 Å². The van der Waals surface area contributed by atoms with Crippen LogP contribution in [0.5, 0.6) is 0 Å². The molecule has 0 saturated heterocycles. The third-order valence-corrected chi connectivity index (χ3v) is 1.53. The van der Waals surface area contributed by atoms with Crippen molar-refractivity contribution in [3.8, 4) is 0 Å². The molecule has 10 heavy (non-hydrogen) atoms. The standard InChI is InChI=1S/C7H13O2.Na/c1-4-7(5(2)8)6(3)9;/h5,7H,4H2,1-3H3;/q-1;+1. The Morgan fingerprint density at radius 3 is 2.00 bits per heavy atom. The Morgan fingerprint density at radius 2 is 2.00 bits per heavy atom. The van der Waals surface area contributed by atoms with Crippen LogP contribution in [-0.4, -0.2) is 11.9 Å². The first kappa shape index (κ1) is 13.2. The van der Waals surface area contributed by atoms with E-state index >= 15 is 0 Å². The normalized spacial score (nSPS) is 15.2. The summed E-state index contributed by atoms with van der Waals surface area (Å²) in [5, 5.41) is 10.7. The Morgan fingerprint density at radius 1 is 1.60 bits per heavy atom. The van der Waals surface area contributed by atoms with Gasteiger partial charge < -0.3 is 5.11 Å². The molecule has 2 atom stereocenters. The van der Waals surface area contributed by atoms with Gasteiger partial charge in [-0.2, -0.15) is 0 Å². The molecule has 0 rings (SSSR count). The number of hydrogen-bond donors (Lipinski definition) is 0. The molecule has 0 bridgehead atoms. The van der Waals surface area contributed by atoms with Crippen molar-refractivity contribution in [2.45, 2.75) is 33.3 Å². The maximum absolute atomic E-state index is 10.7. The average Bonchev–Trinajstić information content (AvgIpc) is 1.64. The molecule has 0 heterocycles. The molecule has 0 aliphatic heterocycles. The van der Waals surface area contributed by atoms with Crippen molar-refractivity contribution >= 4 is 5.78 Å². The van der Waals surface area contributed by atoms with E-state index < -0.39 is 6.10 Å². The zero-order valence-corrected chi connectivity index (χ0v) is 9.18. The van der Waals surface area contributed by atoms with Crippen molar-refractivity contribution in [3.05, 3.63) is 0 Å². The molecule has 0 aromatic carbocycles. The number of ketones is 1. The molecule has 0 aromatic rings. The molecule has 54 valence electrons. The molecule has 3 heteroatoms. The summed E-state index contributed by atoms with van der Waals surface area (Å²) >= 11 is 0. The van der Waals surface area contributed by atoms with Gasteiger partial charge in [0.05, 0.1) is 0 Å². The molecule has 0 aliphatic carbocycles. The van der Waals surface area contributed by atoms with Crippen LogP contribution in [0.25, 0.3) is 0 Å². The second-order valence-corrected chi connectivity index (χ2v) is 2.33. The predicted octanol–water partition coefficient (Wildman–Crippen LogP) is -2.65. The molecule has 2 unspecified atom stereocenters. The number of carbonyl (C=O) groups excluding carboxylic acids is 1. The molecular formula is C7H13NaO2. The number of rotatable bonds is 3. The van der Waals surface area contributed by atoms with Crippen LogP contribution < -0.4 is 34.7 Å². The molecule has 0 N–H and O–H groups in total. The van der Waals surface area contributed by atoms with Gasteiger partial charge in [0.2, 0.25) is 0 Å². The van der Waals surface area contributed by atoms with Gasteiger partial charge in [-0.05, 0) is 13.3 Å². The summed E-state index contributed by atoms with van der Waals surface area (Å²) in [7, 11) is 0. The van der Waals surface area contributed by atoms with Crippen molar-refractivity contribution in [2.24, 2.45) is 5.92 Å². The first-order chi connectivity index (χ1) is 4.09. The topological polar surface area (TPSA) is 40.1 Å². The van der Waals surface area contributed by atoms with Gasteiger partial charge in [0.25, 0.3) is 0 Å². The van der Waals surface area contributed by atoms with Gasteiger partial charge in [-0.1, -0.05) is 13.8 Å². The first-order valence-electron chi connectivity index (χ1n) is 3.25. The molecule has 0 saturated carbocycles. The molecule has 0 aromatic heterocycles. The molecule has 0 amide bonds. The quantitative estimate of drug-likeness (QED) is 0.415. The van der Waals surface area contributed by atoms with Crippen LogP contribution in [0, 0.1) is 5.92 Å². The molecule has 2 nitrogen and oxygen atoms in total. The van der Waals surface area contributed by atoms with Crippen LogP contribution in [0.3, 0.4) is 0 Å². The smallest absolute Gasteiger partial charge is 0.852 e. The van der Waals surface area contributed by atoms with Crippen LogP contribution >= 0.6 is 0 Å². The van der Waals surface area contributed by atoms with Crippen LogP contribution in [0.2, 0.25) is 0 Å². The minimum atomic E-state index is -0.743. The Balaban J connectivity index is 0. The average molecular weight is 152 g/mol. The number of Topliss-reactive ketones (excluding diaryl/α,β-unsaturated/α-hetero) is 1. The van der Waals surface area contributed by atoms with E-state index in [9.17, 15) is 9.90 Å².